The number of hydrogen-bond acceptors (Lipinski definition) is 6. The molecule has 1 unspecified atom stereocenters. The third-order valence-corrected chi connectivity index (χ3v) is 13.4. The summed E-state index contributed by atoms with van der Waals surface area (Å²) < 4.78 is 16.9. The fourth-order valence-electron chi connectivity index (χ4n) is 8.68. The number of carbonyl (C=O) groups is 3. The molecule has 77 heavy (non-hydrogen) atoms. The summed E-state index contributed by atoms with van der Waals surface area (Å²) in [4.78, 5) is 38.3. The first kappa shape index (κ1) is 72.8. The highest BCUT2D eigenvalue weighted by molar-refractivity contribution is 5.71. The smallest absolute Gasteiger partial charge is 0.306 e. The van der Waals surface area contributed by atoms with E-state index in [4.69, 9.17) is 14.2 Å². The Kier molecular flexibility index (Phi) is 60.8. The number of allylic oxidation sites excluding steroid dienone is 20. The first-order chi connectivity index (χ1) is 38.0. The van der Waals surface area contributed by atoms with Crippen molar-refractivity contribution in [2.45, 2.75) is 297 Å². The van der Waals surface area contributed by atoms with E-state index in [0.29, 0.717) is 19.3 Å². The normalized spacial score (nSPS) is 12.9. The van der Waals surface area contributed by atoms with E-state index in [1.807, 2.05) is 0 Å². The van der Waals surface area contributed by atoms with Crippen LogP contribution in [0.15, 0.2) is 122 Å². The standard InChI is InChI=1S/C71H118O6/c1-4-7-10-13-16-19-22-24-26-28-30-32-34-35-37-38-40-42-44-46-49-52-55-58-61-64-70(73)76-67-68(66-75-69(72)63-60-57-54-51-48-21-18-15-12-9-6-3)77-71(74)65-62-59-56-53-50-47-45-43-41-39-36-33-31-29-27-25-23-20-17-14-11-8-5-2/h7-8,10-11,15-20,24-27,30-33,35,37,68H,4-6,9,12-14,21-23,28-29,34,36,38-67H2,1-3H3/b10-7-,11-8-,18-15-,19-16-,20-17-,26-24-,27-25-,32-30-,33-31-,37-35-. The number of ether oxygens (including phenoxy) is 3. The van der Waals surface area contributed by atoms with Gasteiger partial charge >= 0.3 is 17.9 Å². The molecule has 0 N–H and O–H groups in total. The summed E-state index contributed by atoms with van der Waals surface area (Å²) in [5.41, 5.74) is 0. The molecule has 0 fully saturated rings. The second-order valence-corrected chi connectivity index (χ2v) is 20.9. The minimum atomic E-state index is -0.790. The Balaban J connectivity index is 4.31. The molecule has 0 bridgehead atoms. The average Bonchev–Trinajstić information content (AvgIpc) is 3.43. The second kappa shape index (κ2) is 64.3. The topological polar surface area (TPSA) is 78.9 Å². The van der Waals surface area contributed by atoms with Gasteiger partial charge in [-0.25, -0.2) is 0 Å². The summed E-state index contributed by atoms with van der Waals surface area (Å²) in [7, 11) is 0. The number of hydrogen-bond donors (Lipinski definition) is 0. The molecule has 0 saturated carbocycles. The molecule has 0 saturated heterocycles. The van der Waals surface area contributed by atoms with E-state index in [9.17, 15) is 14.4 Å². The quantitative estimate of drug-likeness (QED) is 0.0261. The summed E-state index contributed by atoms with van der Waals surface area (Å²) in [6, 6.07) is 0. The summed E-state index contributed by atoms with van der Waals surface area (Å²) in [5.74, 6) is -0.902. The second-order valence-electron chi connectivity index (χ2n) is 20.9. The van der Waals surface area contributed by atoms with E-state index < -0.39 is 6.10 Å². The van der Waals surface area contributed by atoms with E-state index >= 15 is 0 Å². The zero-order valence-corrected chi connectivity index (χ0v) is 50.2. The SMILES string of the molecule is CC/C=C\C/C=C\C/C=C\C/C=C\C/C=C\CCCCCCCCCCCC(=O)OCC(COC(=O)CCCCCCC/C=C\CCCC)OC(=O)CCCCCCCCCCCC/C=C\C/C=C\C/C=C\C/C=C\CC. The van der Waals surface area contributed by atoms with Crippen molar-refractivity contribution in [3.8, 4) is 0 Å². The van der Waals surface area contributed by atoms with Crippen LogP contribution >= 0.6 is 0 Å². The van der Waals surface area contributed by atoms with Gasteiger partial charge in [0.15, 0.2) is 6.10 Å². The predicted octanol–water partition coefficient (Wildman–Crippen LogP) is 22.0. The first-order valence-corrected chi connectivity index (χ1v) is 32.0. The lowest BCUT2D eigenvalue weighted by molar-refractivity contribution is -0.167. The van der Waals surface area contributed by atoms with Crippen LogP contribution in [0, 0.1) is 0 Å². The van der Waals surface area contributed by atoms with Gasteiger partial charge in [-0.1, -0.05) is 271 Å². The Morgan fingerprint density at radius 1 is 0.273 bits per heavy atom. The van der Waals surface area contributed by atoms with Crippen LogP contribution in [0.2, 0.25) is 0 Å². The summed E-state index contributed by atoms with van der Waals surface area (Å²) in [6.07, 6.45) is 89.2. The molecule has 0 aromatic heterocycles. The van der Waals surface area contributed by atoms with Gasteiger partial charge in [-0.05, 0) is 122 Å². The van der Waals surface area contributed by atoms with Crippen LogP contribution < -0.4 is 0 Å². The molecule has 6 heteroatoms. The van der Waals surface area contributed by atoms with E-state index in [-0.39, 0.29) is 31.1 Å². The van der Waals surface area contributed by atoms with E-state index in [2.05, 4.69) is 142 Å². The van der Waals surface area contributed by atoms with Crippen LogP contribution in [0.25, 0.3) is 0 Å². The monoisotopic (exact) mass is 1070 g/mol. The third-order valence-electron chi connectivity index (χ3n) is 13.4. The lowest BCUT2D eigenvalue weighted by Crippen LogP contribution is -2.30. The van der Waals surface area contributed by atoms with Crippen molar-refractivity contribution in [3.05, 3.63) is 122 Å². The Morgan fingerprint density at radius 3 is 0.805 bits per heavy atom. The largest absolute Gasteiger partial charge is 0.462 e. The highest BCUT2D eigenvalue weighted by Crippen LogP contribution is 2.16. The summed E-state index contributed by atoms with van der Waals surface area (Å²) in [6.45, 7) is 6.37. The molecule has 438 valence electrons. The minimum Gasteiger partial charge on any atom is -0.462 e. The minimum absolute atomic E-state index is 0.0870. The average molecular weight is 1070 g/mol. The van der Waals surface area contributed by atoms with Gasteiger partial charge in [-0.15, -0.1) is 0 Å². The lowest BCUT2D eigenvalue weighted by atomic mass is 10.0. The van der Waals surface area contributed by atoms with Gasteiger partial charge in [0, 0.05) is 19.3 Å². The van der Waals surface area contributed by atoms with Crippen LogP contribution in [-0.4, -0.2) is 37.2 Å². The summed E-state index contributed by atoms with van der Waals surface area (Å²) in [5, 5.41) is 0. The van der Waals surface area contributed by atoms with Gasteiger partial charge in [0.05, 0.1) is 0 Å². The van der Waals surface area contributed by atoms with E-state index in [0.717, 1.165) is 128 Å². The van der Waals surface area contributed by atoms with Gasteiger partial charge < -0.3 is 14.2 Å². The molecule has 0 aromatic carbocycles. The molecular weight excluding hydrogens is 949 g/mol. The molecule has 0 heterocycles. The van der Waals surface area contributed by atoms with Gasteiger partial charge in [0.25, 0.3) is 0 Å². The number of carbonyl (C=O) groups excluding carboxylic acids is 3. The van der Waals surface area contributed by atoms with Crippen LogP contribution in [0.5, 0.6) is 0 Å². The Bertz CT molecular complexity index is 1600. The highest BCUT2D eigenvalue weighted by atomic mass is 16.6. The molecule has 0 aliphatic heterocycles. The van der Waals surface area contributed by atoms with Crippen molar-refractivity contribution in [1.29, 1.82) is 0 Å². The number of esters is 3. The maximum atomic E-state index is 12.9. The third kappa shape index (κ3) is 62.5. The highest BCUT2D eigenvalue weighted by Gasteiger charge is 2.19. The van der Waals surface area contributed by atoms with Crippen molar-refractivity contribution >= 4 is 17.9 Å². The maximum Gasteiger partial charge on any atom is 0.306 e. The van der Waals surface area contributed by atoms with Crippen LogP contribution in [0.4, 0.5) is 0 Å². The van der Waals surface area contributed by atoms with E-state index in [1.54, 1.807) is 0 Å². The van der Waals surface area contributed by atoms with Gasteiger partial charge in [0.1, 0.15) is 13.2 Å². The molecular formula is C71H118O6. The van der Waals surface area contributed by atoms with E-state index in [1.165, 1.54) is 122 Å². The van der Waals surface area contributed by atoms with Gasteiger partial charge in [0.2, 0.25) is 0 Å². The molecule has 0 aliphatic rings. The van der Waals surface area contributed by atoms with Crippen molar-refractivity contribution in [2.24, 2.45) is 0 Å². The predicted molar refractivity (Wildman–Crippen MR) is 334 cm³/mol. The zero-order chi connectivity index (χ0) is 55.7. The molecule has 0 aromatic rings. The zero-order valence-electron chi connectivity index (χ0n) is 50.2. The molecule has 6 nitrogen and oxygen atoms in total. The Hall–Kier alpha value is -4.19. The Morgan fingerprint density at radius 2 is 0.506 bits per heavy atom. The molecule has 0 aliphatic carbocycles. The van der Waals surface area contributed by atoms with Crippen LogP contribution in [0.3, 0.4) is 0 Å². The Labute approximate surface area is 475 Å². The molecule has 0 spiro atoms. The molecule has 1 atom stereocenters. The fraction of sp³-hybridized carbons (Fsp3) is 0.676. The molecule has 0 rings (SSSR count). The van der Waals surface area contributed by atoms with Gasteiger partial charge in [-0.3, -0.25) is 14.4 Å². The summed E-state index contributed by atoms with van der Waals surface area (Å²) >= 11 is 0. The first-order valence-electron chi connectivity index (χ1n) is 32.0. The van der Waals surface area contributed by atoms with Crippen molar-refractivity contribution < 1.29 is 28.6 Å². The maximum absolute atomic E-state index is 12.9. The van der Waals surface area contributed by atoms with Gasteiger partial charge in [-0.2, -0.15) is 0 Å². The van der Waals surface area contributed by atoms with Crippen LogP contribution in [-0.2, 0) is 28.6 Å². The van der Waals surface area contributed by atoms with Crippen molar-refractivity contribution in [2.75, 3.05) is 13.2 Å². The molecule has 0 radical (unpaired) electrons. The lowest BCUT2D eigenvalue weighted by Gasteiger charge is -2.18. The fourth-order valence-corrected chi connectivity index (χ4v) is 8.68. The van der Waals surface area contributed by atoms with Crippen LogP contribution in [0.1, 0.15) is 290 Å². The molecule has 0 amide bonds. The van der Waals surface area contributed by atoms with Crippen molar-refractivity contribution in [3.63, 3.8) is 0 Å². The van der Waals surface area contributed by atoms with Crippen molar-refractivity contribution in [1.82, 2.24) is 0 Å². The number of unbranched alkanes of at least 4 members (excludes halogenated alkanes) is 26. The number of rotatable bonds is 57.